The molecule has 0 bridgehead atoms. The molecule has 9 aromatic rings. The number of rotatable bonds is 5. The van der Waals surface area contributed by atoms with Crippen molar-refractivity contribution in [3.8, 4) is 56.3 Å². The van der Waals surface area contributed by atoms with Crippen molar-refractivity contribution in [3.63, 3.8) is 0 Å². The number of benzene rings is 4. The van der Waals surface area contributed by atoms with Gasteiger partial charge in [-0.25, -0.2) is 9.97 Å². The molecule has 0 saturated heterocycles. The Labute approximate surface area is 270 Å². The molecule has 4 aromatic carbocycles. The van der Waals surface area contributed by atoms with Crippen LogP contribution in [0.5, 0.6) is 0 Å². The van der Waals surface area contributed by atoms with E-state index in [1.165, 1.54) is 0 Å². The Hall–Kier alpha value is -6.46. The second-order valence-corrected chi connectivity index (χ2v) is 11.5. The fourth-order valence-electron chi connectivity index (χ4n) is 6.30. The summed E-state index contributed by atoms with van der Waals surface area (Å²) >= 11 is 0. The van der Waals surface area contributed by atoms with Gasteiger partial charge in [0.2, 0.25) is 0 Å². The number of hydrogen-bond donors (Lipinski definition) is 0. The highest BCUT2D eigenvalue weighted by Gasteiger charge is 2.18. The summed E-state index contributed by atoms with van der Waals surface area (Å²) in [6.45, 7) is 0. The van der Waals surface area contributed by atoms with Gasteiger partial charge in [-0.05, 0) is 76.9 Å². The van der Waals surface area contributed by atoms with Crippen molar-refractivity contribution in [2.24, 2.45) is 0 Å². The van der Waals surface area contributed by atoms with E-state index in [0.29, 0.717) is 0 Å². The number of furan rings is 1. The summed E-state index contributed by atoms with van der Waals surface area (Å²) < 4.78 is 6.46. The molecule has 0 aliphatic rings. The Morgan fingerprint density at radius 3 is 1.70 bits per heavy atom. The molecular weight excluding hydrogens is 576 g/mol. The summed E-state index contributed by atoms with van der Waals surface area (Å²) in [6.07, 6.45) is 3.58. The van der Waals surface area contributed by atoms with Crippen molar-refractivity contribution in [2.45, 2.75) is 0 Å². The number of aromatic nitrogens is 4. The van der Waals surface area contributed by atoms with E-state index in [9.17, 15) is 0 Å². The number of fused-ring (bicyclic) bond motifs is 5. The number of nitrogens with zero attached hydrogens (tertiary/aromatic N) is 4. The van der Waals surface area contributed by atoms with Gasteiger partial charge in [-0.3, -0.25) is 9.97 Å². The maximum absolute atomic E-state index is 6.46. The average molecular weight is 603 g/mol. The number of para-hydroxylation sites is 1. The van der Waals surface area contributed by atoms with Crippen LogP contribution < -0.4 is 0 Å². The van der Waals surface area contributed by atoms with Crippen LogP contribution in [0.1, 0.15) is 0 Å². The molecule has 5 heterocycles. The van der Waals surface area contributed by atoms with Gasteiger partial charge in [0.1, 0.15) is 11.3 Å². The molecule has 0 N–H and O–H groups in total. The molecule has 5 nitrogen and oxygen atoms in total. The third-order valence-corrected chi connectivity index (χ3v) is 8.59. The maximum atomic E-state index is 6.46. The lowest BCUT2D eigenvalue weighted by Gasteiger charge is -2.11. The van der Waals surface area contributed by atoms with E-state index in [4.69, 9.17) is 14.4 Å². The maximum Gasteiger partial charge on any atom is 0.162 e. The number of pyridine rings is 4. The van der Waals surface area contributed by atoms with Crippen LogP contribution in [0.2, 0.25) is 0 Å². The van der Waals surface area contributed by atoms with E-state index < -0.39 is 0 Å². The first-order valence-electron chi connectivity index (χ1n) is 15.5. The normalized spacial score (nSPS) is 11.4. The molecule has 0 spiro atoms. The third-order valence-electron chi connectivity index (χ3n) is 8.59. The Balaban J connectivity index is 1.16. The average Bonchev–Trinajstić information content (AvgIpc) is 3.55. The molecule has 0 amide bonds. The molecule has 0 aliphatic heterocycles. The lowest BCUT2D eigenvalue weighted by atomic mass is 9.96. The van der Waals surface area contributed by atoms with Gasteiger partial charge in [0.15, 0.2) is 5.58 Å². The van der Waals surface area contributed by atoms with Crippen LogP contribution in [-0.4, -0.2) is 19.9 Å². The van der Waals surface area contributed by atoms with Crippen LogP contribution in [0.4, 0.5) is 0 Å². The monoisotopic (exact) mass is 602 g/mol. The third kappa shape index (κ3) is 4.82. The van der Waals surface area contributed by atoms with Gasteiger partial charge in [0.25, 0.3) is 0 Å². The molecule has 5 aromatic heterocycles. The Morgan fingerprint density at radius 1 is 0.404 bits per heavy atom. The van der Waals surface area contributed by atoms with E-state index in [0.717, 1.165) is 89.1 Å². The highest BCUT2D eigenvalue weighted by Crippen LogP contribution is 2.40. The van der Waals surface area contributed by atoms with Crippen molar-refractivity contribution in [2.75, 3.05) is 0 Å². The first-order chi connectivity index (χ1) is 23.3. The van der Waals surface area contributed by atoms with Gasteiger partial charge in [-0.2, -0.15) is 0 Å². The van der Waals surface area contributed by atoms with Crippen LogP contribution in [-0.2, 0) is 0 Å². The summed E-state index contributed by atoms with van der Waals surface area (Å²) in [5.41, 5.74) is 12.1. The highest BCUT2D eigenvalue weighted by atomic mass is 16.3. The zero-order valence-corrected chi connectivity index (χ0v) is 25.2. The van der Waals surface area contributed by atoms with Crippen molar-refractivity contribution in [1.82, 2.24) is 19.9 Å². The van der Waals surface area contributed by atoms with Gasteiger partial charge in [-0.15, -0.1) is 0 Å². The van der Waals surface area contributed by atoms with Crippen LogP contribution >= 0.6 is 0 Å². The largest absolute Gasteiger partial charge is 0.454 e. The topological polar surface area (TPSA) is 64.7 Å². The van der Waals surface area contributed by atoms with Crippen molar-refractivity contribution in [1.29, 1.82) is 0 Å². The van der Waals surface area contributed by atoms with E-state index >= 15 is 0 Å². The molecule has 5 heteroatoms. The van der Waals surface area contributed by atoms with Crippen LogP contribution in [0, 0.1) is 0 Å². The number of hydrogen-bond acceptors (Lipinski definition) is 5. The van der Waals surface area contributed by atoms with E-state index in [-0.39, 0.29) is 0 Å². The highest BCUT2D eigenvalue weighted by molar-refractivity contribution is 6.21. The molecular formula is C42H26N4O. The molecule has 0 fully saturated rings. The smallest absolute Gasteiger partial charge is 0.162 e. The summed E-state index contributed by atoms with van der Waals surface area (Å²) in [4.78, 5) is 19.2. The summed E-state index contributed by atoms with van der Waals surface area (Å²) in [7, 11) is 0. The summed E-state index contributed by atoms with van der Waals surface area (Å²) in [6, 6.07) is 49.6. The molecule has 0 saturated carbocycles. The predicted molar refractivity (Wildman–Crippen MR) is 190 cm³/mol. The predicted octanol–water partition coefficient (Wildman–Crippen LogP) is 10.7. The lowest BCUT2D eigenvalue weighted by molar-refractivity contribution is 0.669. The molecule has 0 unspecified atom stereocenters. The molecule has 47 heavy (non-hydrogen) atoms. The molecule has 9 rings (SSSR count). The fourth-order valence-corrected chi connectivity index (χ4v) is 6.30. The molecule has 0 atom stereocenters. The Morgan fingerprint density at radius 2 is 1.02 bits per heavy atom. The van der Waals surface area contributed by atoms with E-state index in [1.54, 1.807) is 12.4 Å². The molecule has 220 valence electrons. The fraction of sp³-hybridized carbons (Fsp3) is 0. The minimum absolute atomic E-state index is 0.807. The van der Waals surface area contributed by atoms with Crippen LogP contribution in [0.25, 0.3) is 89.1 Å². The standard InChI is InChI=1S/C42H26N4O/c1-2-10-29(11-3-1)41-42-40(32-12-4-5-15-39(32)47-42)33-24-30(20-21-34(33)46-41)27-16-18-28(19-17-27)31-25-37(35-13-6-8-22-43-35)45-38(26-31)36-14-7-9-23-44-36/h1-26H. The zero-order valence-electron chi connectivity index (χ0n) is 25.2. The van der Waals surface area contributed by atoms with Gasteiger partial charge >= 0.3 is 0 Å². The van der Waals surface area contributed by atoms with Gasteiger partial charge in [-0.1, -0.05) is 91.0 Å². The first-order valence-corrected chi connectivity index (χ1v) is 15.5. The molecule has 0 radical (unpaired) electrons. The lowest BCUT2D eigenvalue weighted by Crippen LogP contribution is -1.94. The van der Waals surface area contributed by atoms with Crippen molar-refractivity contribution >= 4 is 32.8 Å². The van der Waals surface area contributed by atoms with Gasteiger partial charge in [0, 0.05) is 34.1 Å². The summed E-state index contributed by atoms with van der Waals surface area (Å²) in [5, 5.41) is 3.24. The second-order valence-electron chi connectivity index (χ2n) is 11.5. The second kappa shape index (κ2) is 11.2. The minimum atomic E-state index is 0.807. The quantitative estimate of drug-likeness (QED) is 0.196. The van der Waals surface area contributed by atoms with Crippen LogP contribution in [0.15, 0.2) is 162 Å². The Kier molecular flexibility index (Phi) is 6.39. The van der Waals surface area contributed by atoms with Gasteiger partial charge in [0.05, 0.1) is 28.3 Å². The SMILES string of the molecule is c1ccc(-c2nc3ccc(-c4ccc(-c5cc(-c6ccccn6)nc(-c6ccccn6)c5)cc4)cc3c3c2oc2ccccc23)cc1. The zero-order chi connectivity index (χ0) is 31.2. The van der Waals surface area contributed by atoms with Crippen molar-refractivity contribution < 1.29 is 4.42 Å². The summed E-state index contributed by atoms with van der Waals surface area (Å²) in [5.74, 6) is 0. The minimum Gasteiger partial charge on any atom is -0.454 e. The van der Waals surface area contributed by atoms with E-state index in [1.807, 2.05) is 66.7 Å². The Bertz CT molecular complexity index is 2490. The van der Waals surface area contributed by atoms with Crippen LogP contribution in [0.3, 0.4) is 0 Å². The van der Waals surface area contributed by atoms with Gasteiger partial charge < -0.3 is 4.42 Å². The van der Waals surface area contributed by atoms with E-state index in [2.05, 4.69) is 88.8 Å². The molecule has 0 aliphatic carbocycles. The first kappa shape index (κ1) is 26.9. The van der Waals surface area contributed by atoms with Crippen molar-refractivity contribution in [3.05, 3.63) is 158 Å².